The van der Waals surface area contributed by atoms with Crippen molar-refractivity contribution < 1.29 is 32.9 Å². The third kappa shape index (κ3) is 54.5. The Kier molecular flexibility index (Phi) is 49.5. The molecular weight excluding hydrogens is 900 g/mol. The van der Waals surface area contributed by atoms with Gasteiger partial charge in [-0.05, 0) is 89.9 Å². The molecule has 3 unspecified atom stereocenters. The van der Waals surface area contributed by atoms with Crippen LogP contribution in [0.25, 0.3) is 0 Å². The molecule has 0 aliphatic rings. The number of rotatable bonds is 50. The Morgan fingerprint density at radius 1 is 0.493 bits per heavy atom. The smallest absolute Gasteiger partial charge is 0.391 e. The van der Waals surface area contributed by atoms with E-state index in [1.807, 2.05) is 21.1 Å². The first-order valence-electron chi connectivity index (χ1n) is 28.4. The van der Waals surface area contributed by atoms with Crippen LogP contribution in [0.5, 0.6) is 0 Å². The fourth-order valence-corrected chi connectivity index (χ4v) is 8.28. The average molecular weight is 1010 g/mol. The number of allylic oxidation sites excluding steroid dienone is 20. The van der Waals surface area contributed by atoms with Crippen LogP contribution in [0, 0.1) is 0 Å². The van der Waals surface area contributed by atoms with E-state index >= 15 is 0 Å². The summed E-state index contributed by atoms with van der Waals surface area (Å²) < 4.78 is 23.7. The van der Waals surface area contributed by atoms with Gasteiger partial charge < -0.3 is 19.8 Å². The summed E-state index contributed by atoms with van der Waals surface area (Å²) in [5.74, 6) is -0.165. The Hall–Kier alpha value is -3.10. The zero-order chi connectivity index (χ0) is 52.0. The number of nitrogens with one attached hydrogen (secondary N) is 1. The number of phosphoric ester groups is 1. The van der Waals surface area contributed by atoms with E-state index in [2.05, 4.69) is 141 Å². The quantitative estimate of drug-likeness (QED) is 0.0243. The number of aliphatic hydroxyl groups excluding tert-OH is 1. The molecule has 0 heterocycles. The number of phosphoric acid groups is 1. The highest BCUT2D eigenvalue weighted by molar-refractivity contribution is 7.47. The summed E-state index contributed by atoms with van der Waals surface area (Å²) in [6.45, 7) is 4.74. The van der Waals surface area contributed by atoms with Crippen molar-refractivity contribution in [2.75, 3.05) is 40.9 Å². The molecular formula is C62H108N2O6P+. The van der Waals surface area contributed by atoms with Crippen molar-refractivity contribution >= 4 is 13.7 Å². The second-order valence-electron chi connectivity index (χ2n) is 19.9. The number of amides is 1. The number of quaternary nitrogens is 1. The normalized spacial score (nSPS) is 14.9. The Morgan fingerprint density at radius 2 is 0.845 bits per heavy atom. The van der Waals surface area contributed by atoms with Gasteiger partial charge in [-0.2, -0.15) is 0 Å². The summed E-state index contributed by atoms with van der Waals surface area (Å²) in [6.07, 6.45) is 76.8. The van der Waals surface area contributed by atoms with Crippen LogP contribution < -0.4 is 5.32 Å². The van der Waals surface area contributed by atoms with E-state index in [0.29, 0.717) is 23.9 Å². The Labute approximate surface area is 437 Å². The maximum absolute atomic E-state index is 13.0. The van der Waals surface area contributed by atoms with E-state index in [1.165, 1.54) is 70.6 Å². The molecule has 3 atom stereocenters. The number of aliphatic hydroxyl groups is 1. The zero-order valence-corrected chi connectivity index (χ0v) is 47.1. The summed E-state index contributed by atoms with van der Waals surface area (Å²) in [7, 11) is 1.59. The highest BCUT2D eigenvalue weighted by Gasteiger charge is 2.28. The number of nitrogens with zero attached hydrogens (tertiary/aromatic N) is 1. The monoisotopic (exact) mass is 1010 g/mol. The fourth-order valence-electron chi connectivity index (χ4n) is 7.54. The lowest BCUT2D eigenvalue weighted by Crippen LogP contribution is -2.46. The van der Waals surface area contributed by atoms with Gasteiger partial charge in [-0.1, -0.05) is 238 Å². The van der Waals surface area contributed by atoms with Crippen LogP contribution in [0.3, 0.4) is 0 Å². The minimum atomic E-state index is -4.33. The molecule has 1 amide bonds. The lowest BCUT2D eigenvalue weighted by atomic mass is 10.0. The lowest BCUT2D eigenvalue weighted by Gasteiger charge is -2.26. The standard InChI is InChI=1S/C62H107N2O6P/c1-6-8-10-12-14-16-18-20-21-22-23-24-25-26-27-28-29-30-31-32-33-34-35-36-37-38-39-40-41-42-43-44-46-48-50-52-54-56-62(66)63-60(59-70-71(67,68)69-58-57-64(3,4)5)61(65)55-53-51-49-47-45-19-17-15-13-11-9-7-2/h8,10,14,16,20-21,23-24,26-27,29-30,32-33,35-36,38-39,41-42,60-61,65H,6-7,9,11-13,15,17-19,22,25,28,31,34,37,40,43-59H2,1-5H3,(H-,63,66,67,68)/p+1/b10-8-,16-14-,21-20-,24-23-,27-26-,30-29-,33-32-,36-35-,39-38-,42-41-. The van der Waals surface area contributed by atoms with E-state index in [9.17, 15) is 19.4 Å². The van der Waals surface area contributed by atoms with E-state index < -0.39 is 20.0 Å². The zero-order valence-electron chi connectivity index (χ0n) is 46.2. The van der Waals surface area contributed by atoms with Gasteiger partial charge in [-0.25, -0.2) is 4.57 Å². The van der Waals surface area contributed by atoms with Crippen molar-refractivity contribution in [1.29, 1.82) is 0 Å². The number of unbranched alkanes of at least 4 members (excludes halogenated alkanes) is 17. The number of carbonyl (C=O) groups is 1. The molecule has 0 aromatic heterocycles. The third-order valence-electron chi connectivity index (χ3n) is 12.0. The highest BCUT2D eigenvalue weighted by atomic mass is 31.2. The van der Waals surface area contributed by atoms with Crippen LogP contribution in [0.4, 0.5) is 0 Å². The largest absolute Gasteiger partial charge is 0.472 e. The molecule has 0 aliphatic heterocycles. The summed E-state index contributed by atoms with van der Waals surface area (Å²) in [6, 6.07) is -0.776. The molecule has 0 saturated carbocycles. The molecule has 0 aromatic carbocycles. The second kappa shape index (κ2) is 51.8. The van der Waals surface area contributed by atoms with E-state index in [-0.39, 0.29) is 19.1 Å². The maximum atomic E-state index is 13.0. The molecule has 71 heavy (non-hydrogen) atoms. The van der Waals surface area contributed by atoms with Crippen molar-refractivity contribution in [2.24, 2.45) is 0 Å². The molecule has 3 N–H and O–H groups in total. The Morgan fingerprint density at radius 3 is 1.24 bits per heavy atom. The Bertz CT molecular complexity index is 1560. The molecule has 0 saturated heterocycles. The van der Waals surface area contributed by atoms with Crippen LogP contribution in [-0.2, 0) is 18.4 Å². The van der Waals surface area contributed by atoms with Gasteiger partial charge in [0, 0.05) is 6.42 Å². The van der Waals surface area contributed by atoms with E-state index in [0.717, 1.165) is 116 Å². The first-order chi connectivity index (χ1) is 34.5. The molecule has 8 nitrogen and oxygen atoms in total. The van der Waals surface area contributed by atoms with Gasteiger partial charge in [0.25, 0.3) is 0 Å². The summed E-state index contributed by atoms with van der Waals surface area (Å²) >= 11 is 0. The number of likely N-dealkylation sites (N-methyl/N-ethyl adjacent to an activating group) is 1. The first-order valence-corrected chi connectivity index (χ1v) is 29.9. The van der Waals surface area contributed by atoms with Crippen molar-refractivity contribution in [3.05, 3.63) is 122 Å². The predicted octanol–water partition coefficient (Wildman–Crippen LogP) is 17.4. The minimum absolute atomic E-state index is 0.0653. The van der Waals surface area contributed by atoms with Crippen molar-refractivity contribution in [2.45, 2.75) is 225 Å². The number of hydrogen-bond donors (Lipinski definition) is 3. The molecule has 0 radical (unpaired) electrons. The minimum Gasteiger partial charge on any atom is -0.391 e. The second-order valence-corrected chi connectivity index (χ2v) is 21.4. The van der Waals surface area contributed by atoms with Gasteiger partial charge in [0.05, 0.1) is 39.9 Å². The lowest BCUT2D eigenvalue weighted by molar-refractivity contribution is -0.870. The molecule has 406 valence electrons. The third-order valence-corrected chi connectivity index (χ3v) is 13.0. The molecule has 0 bridgehead atoms. The molecule has 0 aliphatic carbocycles. The van der Waals surface area contributed by atoms with Crippen molar-refractivity contribution in [3.8, 4) is 0 Å². The Balaban J connectivity index is 4.15. The highest BCUT2D eigenvalue weighted by Crippen LogP contribution is 2.43. The molecule has 0 aromatic rings. The van der Waals surface area contributed by atoms with Gasteiger partial charge in [0.1, 0.15) is 13.2 Å². The van der Waals surface area contributed by atoms with Gasteiger partial charge >= 0.3 is 7.82 Å². The van der Waals surface area contributed by atoms with E-state index in [1.54, 1.807) is 0 Å². The van der Waals surface area contributed by atoms with Crippen LogP contribution >= 0.6 is 7.82 Å². The topological polar surface area (TPSA) is 105 Å². The van der Waals surface area contributed by atoms with Crippen LogP contribution in [0.15, 0.2) is 122 Å². The molecule has 0 rings (SSSR count). The van der Waals surface area contributed by atoms with Crippen molar-refractivity contribution in [3.63, 3.8) is 0 Å². The first kappa shape index (κ1) is 67.9. The molecule has 0 fully saturated rings. The van der Waals surface area contributed by atoms with Crippen LogP contribution in [0.2, 0.25) is 0 Å². The summed E-state index contributed by atoms with van der Waals surface area (Å²) in [5, 5.41) is 14.0. The average Bonchev–Trinajstić information content (AvgIpc) is 3.33. The van der Waals surface area contributed by atoms with Gasteiger partial charge in [-0.15, -0.1) is 0 Å². The van der Waals surface area contributed by atoms with Gasteiger partial charge in [0.2, 0.25) is 5.91 Å². The van der Waals surface area contributed by atoms with Crippen LogP contribution in [0.1, 0.15) is 213 Å². The molecule has 0 spiro atoms. The van der Waals surface area contributed by atoms with Gasteiger partial charge in [-0.3, -0.25) is 13.8 Å². The van der Waals surface area contributed by atoms with Gasteiger partial charge in [0.15, 0.2) is 0 Å². The molecule has 9 heteroatoms. The van der Waals surface area contributed by atoms with E-state index in [4.69, 9.17) is 9.05 Å². The van der Waals surface area contributed by atoms with Crippen LogP contribution in [-0.4, -0.2) is 73.4 Å². The SMILES string of the molecule is CC/C=C\C/C=C\C/C=C\C/C=C\C/C=C\C/C=C\C/C=C\C/C=C\C/C=C\C/C=C\CCCCCCCCC(=O)NC(COP(=O)(O)OCC[N+](C)(C)C)C(O)CCCCCCCCCCCCCC. The van der Waals surface area contributed by atoms with Crippen molar-refractivity contribution in [1.82, 2.24) is 5.32 Å². The number of carbonyl (C=O) groups excluding carboxylic acids is 1. The summed E-state index contributed by atoms with van der Waals surface area (Å²) in [5.41, 5.74) is 0. The fraction of sp³-hybridized carbons (Fsp3) is 0.661. The predicted molar refractivity (Wildman–Crippen MR) is 308 cm³/mol. The number of hydrogen-bond acceptors (Lipinski definition) is 5. The summed E-state index contributed by atoms with van der Waals surface area (Å²) in [4.78, 5) is 23.3. The maximum Gasteiger partial charge on any atom is 0.472 e.